The highest BCUT2D eigenvalue weighted by Crippen LogP contribution is 1.97. The fourth-order valence-electron chi connectivity index (χ4n) is 0.427. The Kier molecular flexibility index (Phi) is 50.3. The van der Waals surface area contributed by atoms with Crippen LogP contribution >= 0.6 is 0 Å². The average molecular weight is 256 g/mol. The third-order valence-corrected chi connectivity index (χ3v) is 0.687. The summed E-state index contributed by atoms with van der Waals surface area (Å²) in [7, 11) is 0. The SMILES string of the molecule is C.C.N.N#N.Nc1nc(N)nc(N)n1.O.O=O.[2HH]. The molecular weight excluding hydrogens is 234 g/mol. The van der Waals surface area contributed by atoms with E-state index < -0.39 is 0 Å². The van der Waals surface area contributed by atoms with Crippen LogP contribution < -0.4 is 23.4 Å². The maximum absolute atomic E-state index is 7.00. The topological polar surface area (TPSA) is 265 Å². The minimum atomic E-state index is 0. The summed E-state index contributed by atoms with van der Waals surface area (Å²) in [4.78, 5) is 24.5. The summed E-state index contributed by atoms with van der Waals surface area (Å²) < 4.78 is 0. The van der Waals surface area contributed by atoms with Gasteiger partial charge >= 0.3 is 0 Å². The molecule has 0 saturated heterocycles. The third kappa shape index (κ3) is 19.7. The van der Waals surface area contributed by atoms with Crippen LogP contribution in [0.15, 0.2) is 0 Å². The lowest BCUT2D eigenvalue weighted by Crippen LogP contribution is -2.05. The van der Waals surface area contributed by atoms with Crippen LogP contribution in [-0.4, -0.2) is 20.4 Å². The minimum absolute atomic E-state index is 0. The van der Waals surface area contributed by atoms with Gasteiger partial charge in [0, 0.05) is 22.1 Å². The molecule has 0 aromatic carbocycles. The van der Waals surface area contributed by atoms with E-state index in [2.05, 4.69) is 15.0 Å². The van der Waals surface area contributed by atoms with Crippen LogP contribution in [0, 0.1) is 20.7 Å². The van der Waals surface area contributed by atoms with Gasteiger partial charge < -0.3 is 28.8 Å². The van der Waals surface area contributed by atoms with Crippen molar-refractivity contribution in [2.75, 3.05) is 17.2 Å². The van der Waals surface area contributed by atoms with Gasteiger partial charge in [0.2, 0.25) is 17.8 Å². The van der Waals surface area contributed by atoms with Crippen molar-refractivity contribution in [3.05, 3.63) is 9.93 Å². The molecular formula is C5H21N9O3. The molecule has 1 heterocycles. The largest absolute Gasteiger partial charge is 0.412 e. The van der Waals surface area contributed by atoms with Gasteiger partial charge in [-0.05, 0) is 0 Å². The molecule has 0 bridgehead atoms. The molecule has 0 fully saturated rings. The molecule has 0 unspecified atom stereocenters. The predicted octanol–water partition coefficient (Wildman–Crippen LogP) is -0.429. The molecule has 0 aliphatic heterocycles. The Bertz CT molecular complexity index is 236. The minimum Gasteiger partial charge on any atom is -0.412 e. The molecule has 0 spiro atoms. The fourth-order valence-corrected chi connectivity index (χ4v) is 0.427. The molecule has 0 radical (unpaired) electrons. The molecule has 0 amide bonds. The van der Waals surface area contributed by atoms with Crippen molar-refractivity contribution >= 4 is 17.8 Å². The number of hydrogen-bond acceptors (Lipinski definition) is 11. The molecule has 17 heavy (non-hydrogen) atoms. The number of nitrogens with two attached hydrogens (primary N) is 3. The van der Waals surface area contributed by atoms with Crippen LogP contribution in [0.2, 0.25) is 0 Å². The number of hydrogen-bond donors (Lipinski definition) is 4. The lowest BCUT2D eigenvalue weighted by Gasteiger charge is -1.93. The Morgan fingerprint density at radius 2 is 0.941 bits per heavy atom. The van der Waals surface area contributed by atoms with Crippen LogP contribution in [-0.2, 0) is 0 Å². The lowest BCUT2D eigenvalue weighted by atomic mass is 10.9. The lowest BCUT2D eigenvalue weighted by molar-refractivity contribution is 0.824. The molecule has 1 rings (SSSR count). The zero-order valence-electron chi connectivity index (χ0n) is 7.49. The second kappa shape index (κ2) is 23.3. The Morgan fingerprint density at radius 1 is 0.824 bits per heavy atom. The van der Waals surface area contributed by atoms with Gasteiger partial charge in [-0.25, -0.2) is 0 Å². The fraction of sp³-hybridized carbons (Fsp3) is 0.400. The first kappa shape index (κ1) is 36.7. The monoisotopic (exact) mass is 256 g/mol. The number of nitrogens with zero attached hydrogens (tertiary/aromatic N) is 5. The molecule has 0 atom stereocenters. The Balaban J connectivity index is -0.0000000247. The van der Waals surface area contributed by atoms with Crippen LogP contribution in [0.4, 0.5) is 17.8 Å². The normalized spacial score (nSPS) is 5.29. The highest BCUT2D eigenvalue weighted by atomic mass is 16.7. The highest BCUT2D eigenvalue weighted by Gasteiger charge is 1.93. The second-order valence-electron chi connectivity index (χ2n) is 1.41. The van der Waals surface area contributed by atoms with Crippen LogP contribution in [0.5, 0.6) is 0 Å². The molecule has 0 aliphatic rings. The van der Waals surface area contributed by atoms with Crippen molar-refractivity contribution in [1.82, 2.24) is 21.1 Å². The highest BCUT2D eigenvalue weighted by molar-refractivity contribution is 5.33. The van der Waals surface area contributed by atoms with Crippen molar-refractivity contribution in [2.45, 2.75) is 14.9 Å². The molecule has 104 valence electrons. The average Bonchev–Trinajstić information content (AvgIpc) is 2.09. The molecule has 1 aromatic rings. The van der Waals surface area contributed by atoms with Gasteiger partial charge in [-0.3, -0.25) is 0 Å². The predicted molar refractivity (Wildman–Crippen MR) is 67.5 cm³/mol. The summed E-state index contributed by atoms with van der Waals surface area (Å²) in [6, 6.07) is 0. The number of rotatable bonds is 0. The summed E-state index contributed by atoms with van der Waals surface area (Å²) in [6.07, 6.45) is 0. The van der Waals surface area contributed by atoms with Gasteiger partial charge in [-0.1, -0.05) is 14.9 Å². The van der Waals surface area contributed by atoms with E-state index in [0.717, 1.165) is 0 Å². The quantitative estimate of drug-likeness (QED) is 0.432. The number of aromatic nitrogens is 3. The molecule has 12 heteroatoms. The number of nitrogen functional groups attached to an aromatic ring is 3. The van der Waals surface area contributed by atoms with Crippen molar-refractivity contribution < 1.29 is 6.90 Å². The van der Waals surface area contributed by atoms with Gasteiger partial charge in [0.15, 0.2) is 0 Å². The van der Waals surface area contributed by atoms with E-state index in [1.165, 1.54) is 0 Å². The standard InChI is InChI=1S/C3H6N6.2CH4.N2.H3N.O2.H2O.H2/c4-1-7-2(5)9-3(6)8-1;;;1-2;;1-2;;/h(H6,4,5,6,7,8,9);2*1H4;;1H3;;1H2;1H/i;;;;;;;1+1. The third-order valence-electron chi connectivity index (χ3n) is 0.687. The summed E-state index contributed by atoms with van der Waals surface area (Å²) >= 11 is 0. The van der Waals surface area contributed by atoms with E-state index in [1.54, 1.807) is 0 Å². The van der Waals surface area contributed by atoms with Gasteiger partial charge in [0.05, 0.1) is 0 Å². The van der Waals surface area contributed by atoms with E-state index in [4.69, 9.17) is 37.9 Å². The van der Waals surface area contributed by atoms with Crippen LogP contribution in [0.25, 0.3) is 0 Å². The van der Waals surface area contributed by atoms with Crippen molar-refractivity contribution in [2.24, 2.45) is 0 Å². The molecule has 0 aliphatic carbocycles. The summed E-state index contributed by atoms with van der Waals surface area (Å²) in [5, 5.41) is 12.0. The summed E-state index contributed by atoms with van der Waals surface area (Å²) in [5.41, 5.74) is 15.4. The first-order valence-corrected chi connectivity index (χ1v) is 2.57. The molecule has 0 saturated carbocycles. The Morgan fingerprint density at radius 3 is 1.06 bits per heavy atom. The van der Waals surface area contributed by atoms with Gasteiger partial charge in [-0.15, -0.1) is 0 Å². The first-order chi connectivity index (χ1) is 6.18. The van der Waals surface area contributed by atoms with Crippen molar-refractivity contribution in [3.63, 3.8) is 0 Å². The van der Waals surface area contributed by atoms with Crippen LogP contribution in [0.3, 0.4) is 0 Å². The first-order valence-electron chi connectivity index (χ1n) is 2.57. The Hall–Kier alpha value is -2.65. The zero-order valence-corrected chi connectivity index (χ0v) is 7.49. The van der Waals surface area contributed by atoms with Crippen LogP contribution in [0.1, 0.15) is 16.3 Å². The van der Waals surface area contributed by atoms with E-state index in [1.807, 2.05) is 0 Å². The van der Waals surface area contributed by atoms with Gasteiger partial charge in [-0.2, -0.15) is 15.0 Å². The van der Waals surface area contributed by atoms with E-state index in [-0.39, 0.29) is 45.8 Å². The molecule has 11 N–H and O–H groups in total. The zero-order chi connectivity index (χ0) is 10.9. The number of anilines is 3. The smallest absolute Gasteiger partial charge is 0.226 e. The second-order valence-corrected chi connectivity index (χ2v) is 1.41. The molecule has 12 nitrogen and oxygen atoms in total. The van der Waals surface area contributed by atoms with E-state index >= 15 is 0 Å². The van der Waals surface area contributed by atoms with Gasteiger partial charge in [0.25, 0.3) is 0 Å². The molecule has 1 aromatic heterocycles. The van der Waals surface area contributed by atoms with E-state index in [0.29, 0.717) is 0 Å². The van der Waals surface area contributed by atoms with Gasteiger partial charge in [0.1, 0.15) is 0 Å². The summed E-state index contributed by atoms with van der Waals surface area (Å²) in [5.74, 6) is 0.125. The maximum atomic E-state index is 7.00. The van der Waals surface area contributed by atoms with Crippen molar-refractivity contribution in [1.29, 1.82) is 10.8 Å². The summed E-state index contributed by atoms with van der Waals surface area (Å²) in [6.45, 7) is 0. The maximum Gasteiger partial charge on any atom is 0.226 e. The van der Waals surface area contributed by atoms with Crippen molar-refractivity contribution in [3.8, 4) is 0 Å². The van der Waals surface area contributed by atoms with E-state index in [9.17, 15) is 0 Å². The Labute approximate surface area is 99.6 Å².